The Kier molecular flexibility index (Phi) is 1.59. The van der Waals surface area contributed by atoms with Gasteiger partial charge >= 0.3 is 0 Å². The molecule has 3 nitrogen and oxygen atoms in total. The van der Waals surface area contributed by atoms with Crippen LogP contribution in [0.15, 0.2) is 18.7 Å². The third-order valence-electron chi connectivity index (χ3n) is 3.17. The zero-order valence-electron chi connectivity index (χ0n) is 7.48. The van der Waals surface area contributed by atoms with Crippen LogP contribution in [0, 0.1) is 11.8 Å². The normalized spacial score (nSPS) is 32.6. The van der Waals surface area contributed by atoms with E-state index in [0.29, 0.717) is 6.04 Å². The molecule has 0 aromatic carbocycles. The highest BCUT2D eigenvalue weighted by atomic mass is 15.0. The first-order chi connectivity index (χ1) is 6.45. The van der Waals surface area contributed by atoms with Crippen LogP contribution < -0.4 is 5.32 Å². The molecule has 2 unspecified atom stereocenters. The molecule has 3 rings (SSSR count). The van der Waals surface area contributed by atoms with Crippen molar-refractivity contribution in [3.8, 4) is 0 Å². The van der Waals surface area contributed by atoms with Crippen LogP contribution in [-0.4, -0.2) is 16.5 Å². The number of nitrogens with zero attached hydrogens (tertiary/aromatic N) is 2. The van der Waals surface area contributed by atoms with E-state index in [1.165, 1.54) is 24.9 Å². The molecule has 1 N–H and O–H groups in total. The Balaban J connectivity index is 1.78. The van der Waals surface area contributed by atoms with Crippen molar-refractivity contribution < 1.29 is 0 Å². The lowest BCUT2D eigenvalue weighted by molar-refractivity contribution is 0.205. The van der Waals surface area contributed by atoms with Crippen LogP contribution in [0.25, 0.3) is 0 Å². The van der Waals surface area contributed by atoms with Crippen molar-refractivity contribution in [3.05, 3.63) is 24.3 Å². The number of nitrogens with one attached hydrogen (secondary N) is 1. The van der Waals surface area contributed by atoms with Gasteiger partial charge in [-0.2, -0.15) is 0 Å². The third kappa shape index (κ3) is 1.23. The number of aromatic nitrogens is 2. The number of hydrogen-bond donors (Lipinski definition) is 1. The first kappa shape index (κ1) is 7.44. The van der Waals surface area contributed by atoms with E-state index in [0.717, 1.165) is 11.8 Å². The fourth-order valence-corrected chi connectivity index (χ4v) is 2.17. The molecule has 68 valence electrons. The topological polar surface area (TPSA) is 37.8 Å². The molecule has 2 fully saturated rings. The summed E-state index contributed by atoms with van der Waals surface area (Å²) in [5, 5.41) is 3.45. The largest absolute Gasteiger partial charge is 0.309 e. The maximum Gasteiger partial charge on any atom is 0.115 e. The fraction of sp³-hybridized carbons (Fsp3) is 0.600. The molecular formula is C10H13N3. The van der Waals surface area contributed by atoms with Crippen molar-refractivity contribution in [2.24, 2.45) is 11.8 Å². The average molecular weight is 175 g/mol. The van der Waals surface area contributed by atoms with E-state index in [-0.39, 0.29) is 0 Å². The molecule has 0 amide bonds. The summed E-state index contributed by atoms with van der Waals surface area (Å²) < 4.78 is 0. The smallest absolute Gasteiger partial charge is 0.115 e. The van der Waals surface area contributed by atoms with Crippen LogP contribution in [0.1, 0.15) is 24.4 Å². The number of hydrogen-bond acceptors (Lipinski definition) is 3. The molecule has 2 atom stereocenters. The summed E-state index contributed by atoms with van der Waals surface area (Å²) in [4.78, 5) is 8.10. The van der Waals surface area contributed by atoms with Gasteiger partial charge in [0, 0.05) is 30.5 Å². The lowest BCUT2D eigenvalue weighted by Gasteiger charge is -2.38. The molecule has 1 saturated carbocycles. The average Bonchev–Trinajstić information content (AvgIpc) is 2.88. The van der Waals surface area contributed by atoms with Gasteiger partial charge in [0.15, 0.2) is 0 Å². The van der Waals surface area contributed by atoms with Crippen LogP contribution in [-0.2, 0) is 0 Å². The second-order valence-electron chi connectivity index (χ2n) is 4.06. The molecule has 1 aromatic rings. The van der Waals surface area contributed by atoms with Gasteiger partial charge in [-0.3, -0.25) is 0 Å². The molecule has 1 aliphatic carbocycles. The van der Waals surface area contributed by atoms with Gasteiger partial charge in [0.25, 0.3) is 0 Å². The summed E-state index contributed by atoms with van der Waals surface area (Å²) in [5.74, 6) is 1.83. The van der Waals surface area contributed by atoms with E-state index < -0.39 is 0 Å². The molecule has 3 heteroatoms. The summed E-state index contributed by atoms with van der Waals surface area (Å²) in [7, 11) is 0. The molecule has 2 heterocycles. The zero-order chi connectivity index (χ0) is 8.67. The Labute approximate surface area is 77.6 Å². The zero-order valence-corrected chi connectivity index (χ0v) is 7.48. The highest BCUT2D eigenvalue weighted by Gasteiger charge is 2.42. The Hall–Kier alpha value is -0.960. The van der Waals surface area contributed by atoms with Gasteiger partial charge in [-0.05, 0) is 24.7 Å². The number of rotatable bonds is 2. The van der Waals surface area contributed by atoms with E-state index in [1.54, 1.807) is 6.33 Å². The molecule has 2 aliphatic rings. The van der Waals surface area contributed by atoms with E-state index in [9.17, 15) is 0 Å². The van der Waals surface area contributed by atoms with E-state index in [1.807, 2.05) is 12.4 Å². The minimum atomic E-state index is 0.536. The van der Waals surface area contributed by atoms with Crippen LogP contribution in [0.3, 0.4) is 0 Å². The maximum atomic E-state index is 4.05. The summed E-state index contributed by atoms with van der Waals surface area (Å²) in [6, 6.07) is 0.536. The monoisotopic (exact) mass is 175 g/mol. The van der Waals surface area contributed by atoms with Gasteiger partial charge in [0.1, 0.15) is 6.33 Å². The van der Waals surface area contributed by atoms with Gasteiger partial charge in [-0.15, -0.1) is 0 Å². The van der Waals surface area contributed by atoms with Crippen molar-refractivity contribution >= 4 is 0 Å². The minimum Gasteiger partial charge on any atom is -0.309 e. The van der Waals surface area contributed by atoms with Crippen LogP contribution in [0.2, 0.25) is 0 Å². The molecule has 0 radical (unpaired) electrons. The van der Waals surface area contributed by atoms with E-state index in [2.05, 4.69) is 15.3 Å². The van der Waals surface area contributed by atoms with E-state index in [4.69, 9.17) is 0 Å². The molecule has 13 heavy (non-hydrogen) atoms. The summed E-state index contributed by atoms with van der Waals surface area (Å²) in [5.41, 5.74) is 1.26. The maximum absolute atomic E-state index is 4.05. The molecule has 0 bridgehead atoms. The highest BCUT2D eigenvalue weighted by molar-refractivity contribution is 5.16. The van der Waals surface area contributed by atoms with Crippen LogP contribution >= 0.6 is 0 Å². The van der Waals surface area contributed by atoms with Crippen molar-refractivity contribution in [2.75, 3.05) is 6.54 Å². The predicted octanol–water partition coefficient (Wildman–Crippen LogP) is 1.15. The van der Waals surface area contributed by atoms with E-state index >= 15 is 0 Å². The predicted molar refractivity (Wildman–Crippen MR) is 49.0 cm³/mol. The summed E-state index contributed by atoms with van der Waals surface area (Å²) in [6.07, 6.45) is 8.31. The molecule has 1 saturated heterocycles. The van der Waals surface area contributed by atoms with Gasteiger partial charge < -0.3 is 5.32 Å². The molecule has 0 spiro atoms. The Morgan fingerprint density at radius 2 is 2.00 bits per heavy atom. The van der Waals surface area contributed by atoms with Crippen LogP contribution in [0.5, 0.6) is 0 Å². The van der Waals surface area contributed by atoms with Crippen molar-refractivity contribution in [1.29, 1.82) is 0 Å². The third-order valence-corrected chi connectivity index (χ3v) is 3.17. The lowest BCUT2D eigenvalue weighted by atomic mass is 9.84. The Morgan fingerprint density at radius 1 is 1.23 bits per heavy atom. The van der Waals surface area contributed by atoms with Gasteiger partial charge in [-0.25, -0.2) is 9.97 Å². The van der Waals surface area contributed by atoms with Gasteiger partial charge in [-0.1, -0.05) is 0 Å². The molecule has 1 aromatic heterocycles. The summed E-state index contributed by atoms with van der Waals surface area (Å²) >= 11 is 0. The van der Waals surface area contributed by atoms with Crippen molar-refractivity contribution in [3.63, 3.8) is 0 Å². The SMILES string of the molecule is c1ncc(C2NCC2C2CC2)cn1. The summed E-state index contributed by atoms with van der Waals surface area (Å²) in [6.45, 7) is 1.18. The highest BCUT2D eigenvalue weighted by Crippen LogP contribution is 2.46. The fourth-order valence-electron chi connectivity index (χ4n) is 2.17. The second kappa shape index (κ2) is 2.77. The second-order valence-corrected chi connectivity index (χ2v) is 4.06. The van der Waals surface area contributed by atoms with Crippen molar-refractivity contribution in [1.82, 2.24) is 15.3 Å². The first-order valence-corrected chi connectivity index (χ1v) is 4.93. The molecular weight excluding hydrogens is 162 g/mol. The molecule has 1 aliphatic heterocycles. The standard InChI is InChI=1S/C10H13N3/c1-2-7(1)9-5-13-10(9)8-3-11-6-12-4-8/h3-4,6-7,9-10,13H,1-2,5H2. The quantitative estimate of drug-likeness (QED) is 0.732. The van der Waals surface area contributed by atoms with Crippen molar-refractivity contribution in [2.45, 2.75) is 18.9 Å². The van der Waals surface area contributed by atoms with Gasteiger partial charge in [0.2, 0.25) is 0 Å². The first-order valence-electron chi connectivity index (χ1n) is 4.93. The Morgan fingerprint density at radius 3 is 2.54 bits per heavy atom. The Bertz CT molecular complexity index is 294. The lowest BCUT2D eigenvalue weighted by Crippen LogP contribution is -2.46. The van der Waals surface area contributed by atoms with Gasteiger partial charge in [0.05, 0.1) is 0 Å². The van der Waals surface area contributed by atoms with Crippen LogP contribution in [0.4, 0.5) is 0 Å². The minimum absolute atomic E-state index is 0.536.